The van der Waals surface area contributed by atoms with E-state index in [0.29, 0.717) is 18.6 Å². The number of aliphatic hydroxyl groups excluding tert-OH is 1. The van der Waals surface area contributed by atoms with Gasteiger partial charge in [0.1, 0.15) is 11.9 Å². The number of benzene rings is 1. The van der Waals surface area contributed by atoms with Crippen LogP contribution in [0.5, 0.6) is 0 Å². The molecule has 0 spiro atoms. The fraction of sp³-hybridized carbons (Fsp3) is 0.500. The van der Waals surface area contributed by atoms with Gasteiger partial charge in [-0.2, -0.15) is 0 Å². The number of likely N-dealkylation sites (N-methyl/N-ethyl adjacent to an activating group) is 1. The molecule has 1 saturated heterocycles. The van der Waals surface area contributed by atoms with Crippen molar-refractivity contribution in [1.29, 1.82) is 0 Å². The summed E-state index contributed by atoms with van der Waals surface area (Å²) in [5.41, 5.74) is -0.0471. The maximum absolute atomic E-state index is 13.8. The van der Waals surface area contributed by atoms with Crippen LogP contribution in [0.1, 0.15) is 12.0 Å². The number of nitrogens with one attached hydrogen (secondary N) is 1. The summed E-state index contributed by atoms with van der Waals surface area (Å²) in [4.78, 5) is 0. The van der Waals surface area contributed by atoms with Crippen LogP contribution >= 0.6 is 0 Å². The van der Waals surface area contributed by atoms with Gasteiger partial charge in [0.2, 0.25) is 0 Å². The van der Waals surface area contributed by atoms with Crippen LogP contribution < -0.4 is 5.32 Å². The molecule has 88 valence electrons. The summed E-state index contributed by atoms with van der Waals surface area (Å²) in [5, 5.41) is 12.4. The molecule has 0 radical (unpaired) electrons. The molecule has 2 rings (SSSR count). The van der Waals surface area contributed by atoms with Crippen molar-refractivity contribution < 1.29 is 14.2 Å². The van der Waals surface area contributed by atoms with Crippen LogP contribution in [0.25, 0.3) is 0 Å². The number of hydrogen-bond acceptors (Lipinski definition) is 3. The van der Waals surface area contributed by atoms with Crippen LogP contribution in [0.3, 0.4) is 0 Å². The van der Waals surface area contributed by atoms with Gasteiger partial charge >= 0.3 is 0 Å². The molecule has 3 nitrogen and oxygen atoms in total. The zero-order valence-corrected chi connectivity index (χ0v) is 9.24. The molecule has 0 bridgehead atoms. The first-order chi connectivity index (χ1) is 7.74. The van der Waals surface area contributed by atoms with E-state index in [1.807, 2.05) is 0 Å². The lowest BCUT2D eigenvalue weighted by molar-refractivity contribution is 0.0210. The van der Waals surface area contributed by atoms with Crippen LogP contribution in [0.4, 0.5) is 4.39 Å². The average molecular weight is 225 g/mol. The van der Waals surface area contributed by atoms with Gasteiger partial charge in [-0.25, -0.2) is 4.39 Å². The Morgan fingerprint density at radius 2 is 2.31 bits per heavy atom. The van der Waals surface area contributed by atoms with Gasteiger partial charge in [0.15, 0.2) is 0 Å². The van der Waals surface area contributed by atoms with Crippen LogP contribution in [0.2, 0.25) is 0 Å². The molecule has 0 saturated carbocycles. The molecule has 0 unspecified atom stereocenters. The maximum atomic E-state index is 13.8. The first kappa shape index (κ1) is 11.5. The molecule has 0 aliphatic carbocycles. The molecule has 1 aliphatic heterocycles. The molecule has 1 aromatic carbocycles. The molecule has 16 heavy (non-hydrogen) atoms. The summed E-state index contributed by atoms with van der Waals surface area (Å²) in [5.74, 6) is -0.263. The van der Waals surface area contributed by atoms with Crippen LogP contribution in [-0.2, 0) is 10.3 Å². The predicted octanol–water partition coefficient (Wildman–Crippen LogP) is 1.02. The topological polar surface area (TPSA) is 41.5 Å². The van der Waals surface area contributed by atoms with Crippen molar-refractivity contribution in [3.05, 3.63) is 35.6 Å². The van der Waals surface area contributed by atoms with E-state index < -0.39 is 11.6 Å². The number of ether oxygens (including phenoxy) is 1. The molecule has 1 heterocycles. The van der Waals surface area contributed by atoms with Crippen molar-refractivity contribution in [2.24, 2.45) is 0 Å². The fourth-order valence-corrected chi connectivity index (χ4v) is 2.43. The quantitative estimate of drug-likeness (QED) is 0.807. The van der Waals surface area contributed by atoms with Crippen molar-refractivity contribution in [2.45, 2.75) is 18.1 Å². The van der Waals surface area contributed by atoms with Gasteiger partial charge < -0.3 is 15.2 Å². The highest BCUT2D eigenvalue weighted by atomic mass is 19.1. The molecular weight excluding hydrogens is 209 g/mol. The lowest BCUT2D eigenvalue weighted by Gasteiger charge is -2.33. The van der Waals surface area contributed by atoms with Gasteiger partial charge in [-0.1, -0.05) is 18.2 Å². The molecule has 1 fully saturated rings. The highest BCUT2D eigenvalue weighted by molar-refractivity contribution is 5.29. The minimum atomic E-state index is -0.611. The third-order valence-corrected chi connectivity index (χ3v) is 3.33. The van der Waals surface area contributed by atoms with E-state index in [4.69, 9.17) is 4.74 Å². The lowest BCUT2D eigenvalue weighted by Crippen LogP contribution is -2.49. The van der Waals surface area contributed by atoms with Crippen LogP contribution in [-0.4, -0.2) is 31.5 Å². The Labute approximate surface area is 94.2 Å². The van der Waals surface area contributed by atoms with Gasteiger partial charge in [-0.15, -0.1) is 0 Å². The number of halogens is 1. The van der Waals surface area contributed by atoms with Crippen molar-refractivity contribution >= 4 is 0 Å². The van der Waals surface area contributed by atoms with Crippen molar-refractivity contribution in [2.75, 3.05) is 20.3 Å². The smallest absolute Gasteiger partial charge is 0.128 e. The van der Waals surface area contributed by atoms with Gasteiger partial charge in [0, 0.05) is 12.2 Å². The van der Waals surface area contributed by atoms with Crippen molar-refractivity contribution in [3.63, 3.8) is 0 Å². The average Bonchev–Trinajstić information content (AvgIpc) is 2.73. The summed E-state index contributed by atoms with van der Waals surface area (Å²) < 4.78 is 19.2. The molecule has 2 N–H and O–H groups in total. The highest BCUT2D eigenvalue weighted by Crippen LogP contribution is 2.36. The first-order valence-electron chi connectivity index (χ1n) is 5.41. The van der Waals surface area contributed by atoms with E-state index in [-0.39, 0.29) is 12.4 Å². The normalized spacial score (nSPS) is 29.6. The Hall–Kier alpha value is -0.970. The SMILES string of the molecule is CN[C@@]1(c2ccccc2F)CCO[C@H]1CO. The summed E-state index contributed by atoms with van der Waals surface area (Å²) in [6.07, 6.45) is 0.268. The van der Waals surface area contributed by atoms with Crippen LogP contribution in [0.15, 0.2) is 24.3 Å². The highest BCUT2D eigenvalue weighted by Gasteiger charge is 2.45. The summed E-state index contributed by atoms with van der Waals surface area (Å²) in [7, 11) is 1.77. The molecule has 2 atom stereocenters. The zero-order valence-electron chi connectivity index (χ0n) is 9.24. The molecule has 1 aromatic rings. The standard InChI is InChI=1S/C12H16FNO2/c1-14-12(6-7-16-11(12)8-15)9-4-2-3-5-10(9)13/h2-5,11,14-15H,6-8H2,1H3/t11-,12+/m0/s1. The predicted molar refractivity (Wildman–Crippen MR) is 58.6 cm³/mol. The third-order valence-electron chi connectivity index (χ3n) is 3.33. The summed E-state index contributed by atoms with van der Waals surface area (Å²) in [6, 6.07) is 6.63. The van der Waals surface area contributed by atoms with E-state index >= 15 is 0 Å². The fourth-order valence-electron chi connectivity index (χ4n) is 2.43. The third kappa shape index (κ3) is 1.63. The van der Waals surface area contributed by atoms with Gasteiger partial charge in [0.25, 0.3) is 0 Å². The number of aliphatic hydroxyl groups is 1. The van der Waals surface area contributed by atoms with E-state index in [0.717, 1.165) is 0 Å². The van der Waals surface area contributed by atoms with Gasteiger partial charge in [-0.05, 0) is 19.5 Å². The molecule has 1 aliphatic rings. The largest absolute Gasteiger partial charge is 0.394 e. The second-order valence-corrected chi connectivity index (χ2v) is 3.99. The van der Waals surface area contributed by atoms with Gasteiger partial charge in [-0.3, -0.25) is 0 Å². The molecular formula is C12H16FNO2. The summed E-state index contributed by atoms with van der Waals surface area (Å²) in [6.45, 7) is 0.412. The lowest BCUT2D eigenvalue weighted by atomic mass is 9.83. The Kier molecular flexibility index (Phi) is 3.23. The zero-order chi connectivity index (χ0) is 11.6. The maximum Gasteiger partial charge on any atom is 0.128 e. The Balaban J connectivity index is 2.45. The Morgan fingerprint density at radius 1 is 1.56 bits per heavy atom. The minimum Gasteiger partial charge on any atom is -0.394 e. The monoisotopic (exact) mass is 225 g/mol. The second kappa shape index (κ2) is 4.49. The Morgan fingerprint density at radius 3 is 2.94 bits per heavy atom. The van der Waals surface area contributed by atoms with E-state index in [1.54, 1.807) is 25.2 Å². The second-order valence-electron chi connectivity index (χ2n) is 3.99. The number of hydrogen-bond donors (Lipinski definition) is 2. The van der Waals surface area contributed by atoms with E-state index in [1.165, 1.54) is 6.07 Å². The molecule has 0 aromatic heterocycles. The molecule has 4 heteroatoms. The van der Waals surface area contributed by atoms with Crippen LogP contribution in [0, 0.1) is 5.82 Å². The first-order valence-corrected chi connectivity index (χ1v) is 5.41. The number of rotatable bonds is 3. The minimum absolute atomic E-state index is 0.116. The van der Waals surface area contributed by atoms with Crippen molar-refractivity contribution in [3.8, 4) is 0 Å². The van der Waals surface area contributed by atoms with E-state index in [2.05, 4.69) is 5.32 Å². The summed E-state index contributed by atoms with van der Waals surface area (Å²) >= 11 is 0. The van der Waals surface area contributed by atoms with Gasteiger partial charge in [0.05, 0.1) is 12.1 Å². The van der Waals surface area contributed by atoms with E-state index in [9.17, 15) is 9.50 Å². The molecule has 0 amide bonds. The Bertz CT molecular complexity index is 372. The van der Waals surface area contributed by atoms with Crippen molar-refractivity contribution in [1.82, 2.24) is 5.32 Å².